The van der Waals surface area contributed by atoms with Gasteiger partial charge in [0, 0.05) is 7.05 Å². The van der Waals surface area contributed by atoms with E-state index in [-0.39, 0.29) is 24.2 Å². The van der Waals surface area contributed by atoms with Crippen molar-refractivity contribution in [3.8, 4) is 0 Å². The zero-order chi connectivity index (χ0) is 15.3. The van der Waals surface area contributed by atoms with Gasteiger partial charge in [0.2, 0.25) is 15.9 Å². The van der Waals surface area contributed by atoms with Crippen molar-refractivity contribution in [3.05, 3.63) is 35.6 Å². The molecule has 0 aliphatic heterocycles. The summed E-state index contributed by atoms with van der Waals surface area (Å²) in [5.74, 6) is -0.799. The van der Waals surface area contributed by atoms with Crippen LogP contribution in [0.2, 0.25) is 0 Å². The summed E-state index contributed by atoms with van der Waals surface area (Å²) in [4.78, 5) is 11.8. The van der Waals surface area contributed by atoms with Crippen molar-refractivity contribution in [2.24, 2.45) is 0 Å². The van der Waals surface area contributed by atoms with Gasteiger partial charge >= 0.3 is 0 Å². The summed E-state index contributed by atoms with van der Waals surface area (Å²) in [6, 6.07) is 5.46. The SMILES string of the molecule is CCS(=O)(=O)N(C)CC(=O)N[C@H](C)c1ccc(F)cc1. The first kappa shape index (κ1) is 16.6. The predicted molar refractivity (Wildman–Crippen MR) is 75.0 cm³/mol. The van der Waals surface area contributed by atoms with Crippen LogP contribution in [0.15, 0.2) is 24.3 Å². The van der Waals surface area contributed by atoms with Gasteiger partial charge in [0.1, 0.15) is 5.82 Å². The maximum atomic E-state index is 12.8. The number of sulfonamides is 1. The molecule has 0 aromatic heterocycles. The maximum absolute atomic E-state index is 12.8. The number of carbonyl (C=O) groups excluding carboxylic acids is 1. The highest BCUT2D eigenvalue weighted by molar-refractivity contribution is 7.89. The Morgan fingerprint density at radius 3 is 2.40 bits per heavy atom. The molecule has 1 atom stereocenters. The summed E-state index contributed by atoms with van der Waals surface area (Å²) in [6.07, 6.45) is 0. The lowest BCUT2D eigenvalue weighted by atomic mass is 10.1. The molecule has 0 aliphatic carbocycles. The topological polar surface area (TPSA) is 66.5 Å². The van der Waals surface area contributed by atoms with Crippen LogP contribution in [0.1, 0.15) is 25.5 Å². The van der Waals surface area contributed by atoms with Crippen LogP contribution in [0, 0.1) is 5.82 Å². The number of amides is 1. The maximum Gasteiger partial charge on any atom is 0.235 e. The number of benzene rings is 1. The van der Waals surface area contributed by atoms with E-state index in [0.717, 1.165) is 9.87 Å². The molecule has 112 valence electrons. The van der Waals surface area contributed by atoms with Gasteiger partial charge < -0.3 is 5.32 Å². The number of hydrogen-bond donors (Lipinski definition) is 1. The number of carbonyl (C=O) groups is 1. The molecule has 0 saturated heterocycles. The molecule has 0 bridgehead atoms. The van der Waals surface area contributed by atoms with Crippen LogP contribution in [0.25, 0.3) is 0 Å². The molecule has 20 heavy (non-hydrogen) atoms. The van der Waals surface area contributed by atoms with Crippen LogP contribution >= 0.6 is 0 Å². The minimum Gasteiger partial charge on any atom is -0.348 e. The quantitative estimate of drug-likeness (QED) is 0.861. The van der Waals surface area contributed by atoms with E-state index in [0.29, 0.717) is 0 Å². The third-order valence-electron chi connectivity index (χ3n) is 2.95. The van der Waals surface area contributed by atoms with E-state index in [2.05, 4.69) is 5.32 Å². The molecule has 0 fully saturated rings. The van der Waals surface area contributed by atoms with Crippen LogP contribution < -0.4 is 5.32 Å². The van der Waals surface area contributed by atoms with E-state index in [1.807, 2.05) is 0 Å². The lowest BCUT2D eigenvalue weighted by Gasteiger charge is -2.18. The Morgan fingerprint density at radius 2 is 1.90 bits per heavy atom. The molecule has 0 aliphatic rings. The van der Waals surface area contributed by atoms with Gasteiger partial charge in [-0.2, -0.15) is 4.31 Å². The van der Waals surface area contributed by atoms with Gasteiger partial charge in [-0.25, -0.2) is 12.8 Å². The van der Waals surface area contributed by atoms with E-state index in [1.165, 1.54) is 26.1 Å². The van der Waals surface area contributed by atoms with Crippen LogP contribution in [-0.4, -0.2) is 38.0 Å². The number of hydrogen-bond acceptors (Lipinski definition) is 3. The van der Waals surface area contributed by atoms with Crippen LogP contribution in [0.4, 0.5) is 4.39 Å². The molecule has 0 saturated carbocycles. The molecular formula is C13H19FN2O3S. The van der Waals surface area contributed by atoms with Crippen molar-refractivity contribution in [1.82, 2.24) is 9.62 Å². The van der Waals surface area contributed by atoms with Crippen molar-refractivity contribution < 1.29 is 17.6 Å². The fraction of sp³-hybridized carbons (Fsp3) is 0.462. The Labute approximate surface area is 118 Å². The molecule has 1 N–H and O–H groups in total. The Morgan fingerprint density at radius 1 is 1.35 bits per heavy atom. The Balaban J connectivity index is 2.60. The molecule has 1 aromatic rings. The molecule has 0 heterocycles. The van der Waals surface area contributed by atoms with E-state index in [1.54, 1.807) is 19.1 Å². The first-order valence-corrected chi connectivity index (χ1v) is 7.86. The zero-order valence-corrected chi connectivity index (χ0v) is 12.6. The second-order valence-corrected chi connectivity index (χ2v) is 6.86. The summed E-state index contributed by atoms with van der Waals surface area (Å²) >= 11 is 0. The lowest BCUT2D eigenvalue weighted by Crippen LogP contribution is -2.39. The smallest absolute Gasteiger partial charge is 0.235 e. The van der Waals surface area contributed by atoms with Crippen molar-refractivity contribution in [3.63, 3.8) is 0 Å². The van der Waals surface area contributed by atoms with Gasteiger partial charge in [-0.1, -0.05) is 12.1 Å². The number of likely N-dealkylation sites (N-methyl/N-ethyl adjacent to an activating group) is 1. The fourth-order valence-corrected chi connectivity index (χ4v) is 2.40. The second kappa shape index (κ2) is 6.81. The standard InChI is InChI=1S/C13H19FN2O3S/c1-4-20(18,19)16(3)9-13(17)15-10(2)11-5-7-12(14)8-6-11/h5-8,10H,4,9H2,1-3H3,(H,15,17)/t10-/m1/s1. The van der Waals surface area contributed by atoms with Crippen LogP contribution in [0.5, 0.6) is 0 Å². The highest BCUT2D eigenvalue weighted by atomic mass is 32.2. The summed E-state index contributed by atoms with van der Waals surface area (Å²) < 4.78 is 36.9. The molecule has 1 amide bonds. The van der Waals surface area contributed by atoms with Crippen molar-refractivity contribution in [2.75, 3.05) is 19.3 Å². The van der Waals surface area contributed by atoms with Crippen molar-refractivity contribution >= 4 is 15.9 Å². The number of nitrogens with one attached hydrogen (secondary N) is 1. The molecule has 0 spiro atoms. The highest BCUT2D eigenvalue weighted by Gasteiger charge is 2.19. The lowest BCUT2D eigenvalue weighted by molar-refractivity contribution is -0.121. The Hall–Kier alpha value is -1.47. The molecule has 1 aromatic carbocycles. The number of rotatable bonds is 6. The fourth-order valence-electron chi connectivity index (χ4n) is 1.64. The van der Waals surface area contributed by atoms with Gasteiger partial charge in [0.15, 0.2) is 0 Å². The minimum atomic E-state index is -3.38. The first-order chi connectivity index (χ1) is 9.26. The summed E-state index contributed by atoms with van der Waals surface area (Å²) in [5.41, 5.74) is 0.751. The van der Waals surface area contributed by atoms with Crippen molar-refractivity contribution in [1.29, 1.82) is 0 Å². The summed E-state index contributed by atoms with van der Waals surface area (Å²) in [7, 11) is -2.01. The third kappa shape index (κ3) is 4.57. The number of halogens is 1. The largest absolute Gasteiger partial charge is 0.348 e. The van der Waals surface area contributed by atoms with Gasteiger partial charge in [0.05, 0.1) is 18.3 Å². The van der Waals surface area contributed by atoms with E-state index in [4.69, 9.17) is 0 Å². The Kier molecular flexibility index (Phi) is 5.64. The molecule has 5 nitrogen and oxygen atoms in total. The van der Waals surface area contributed by atoms with Gasteiger partial charge in [-0.3, -0.25) is 4.79 Å². The van der Waals surface area contributed by atoms with Crippen LogP contribution in [-0.2, 0) is 14.8 Å². The van der Waals surface area contributed by atoms with E-state index in [9.17, 15) is 17.6 Å². The Bertz CT molecular complexity index is 557. The molecular weight excluding hydrogens is 283 g/mol. The van der Waals surface area contributed by atoms with Gasteiger partial charge in [-0.15, -0.1) is 0 Å². The second-order valence-electron chi connectivity index (χ2n) is 4.50. The molecule has 0 unspecified atom stereocenters. The summed E-state index contributed by atoms with van der Waals surface area (Å²) in [6.45, 7) is 3.03. The zero-order valence-electron chi connectivity index (χ0n) is 11.8. The first-order valence-electron chi connectivity index (χ1n) is 6.25. The monoisotopic (exact) mass is 302 g/mol. The average Bonchev–Trinajstić information content (AvgIpc) is 2.39. The predicted octanol–water partition coefficient (Wildman–Crippen LogP) is 1.28. The van der Waals surface area contributed by atoms with E-state index >= 15 is 0 Å². The highest BCUT2D eigenvalue weighted by Crippen LogP contribution is 2.12. The summed E-state index contributed by atoms with van der Waals surface area (Å²) in [5, 5.41) is 2.68. The molecule has 0 radical (unpaired) electrons. The normalized spacial score (nSPS) is 13.2. The third-order valence-corrected chi connectivity index (χ3v) is 4.76. The average molecular weight is 302 g/mol. The van der Waals surface area contributed by atoms with Crippen molar-refractivity contribution in [2.45, 2.75) is 19.9 Å². The molecule has 7 heteroatoms. The van der Waals surface area contributed by atoms with E-state index < -0.39 is 15.9 Å². The molecule has 1 rings (SSSR count). The number of nitrogens with zero attached hydrogens (tertiary/aromatic N) is 1. The van der Waals surface area contributed by atoms with Gasteiger partial charge in [-0.05, 0) is 31.5 Å². The minimum absolute atomic E-state index is 0.0513. The van der Waals surface area contributed by atoms with Crippen LogP contribution in [0.3, 0.4) is 0 Å². The van der Waals surface area contributed by atoms with Gasteiger partial charge in [0.25, 0.3) is 0 Å².